The van der Waals surface area contributed by atoms with Gasteiger partial charge in [-0.3, -0.25) is 0 Å². The van der Waals surface area contributed by atoms with E-state index in [0.29, 0.717) is 0 Å². The summed E-state index contributed by atoms with van der Waals surface area (Å²) in [4.78, 5) is 1.30. The van der Waals surface area contributed by atoms with E-state index in [1.807, 2.05) is 23.9 Å². The first-order valence-electron chi connectivity index (χ1n) is 5.98. The van der Waals surface area contributed by atoms with E-state index in [9.17, 15) is 0 Å². The van der Waals surface area contributed by atoms with Gasteiger partial charge in [0.15, 0.2) is 0 Å². The van der Waals surface area contributed by atoms with Crippen molar-refractivity contribution in [2.45, 2.75) is 11.4 Å². The van der Waals surface area contributed by atoms with Crippen molar-refractivity contribution in [3.05, 3.63) is 64.6 Å². The van der Waals surface area contributed by atoms with Gasteiger partial charge in [0.1, 0.15) is 0 Å². The fraction of sp³-hybridized carbons (Fsp3) is 0.200. The van der Waals surface area contributed by atoms with Gasteiger partial charge >= 0.3 is 0 Å². The Labute approximate surface area is 121 Å². The van der Waals surface area contributed by atoms with Crippen molar-refractivity contribution in [1.29, 1.82) is 0 Å². The molecule has 0 aliphatic heterocycles. The molecular formula is C15H16BrNS. The summed E-state index contributed by atoms with van der Waals surface area (Å²) in [5.74, 6) is 1.08. The van der Waals surface area contributed by atoms with Gasteiger partial charge in [-0.15, -0.1) is 11.8 Å². The lowest BCUT2D eigenvalue weighted by Crippen LogP contribution is -2.16. The highest BCUT2D eigenvalue weighted by molar-refractivity contribution is 9.10. The number of hydrogen-bond acceptors (Lipinski definition) is 2. The molecule has 0 aliphatic carbocycles. The van der Waals surface area contributed by atoms with Crippen molar-refractivity contribution in [1.82, 2.24) is 5.32 Å². The van der Waals surface area contributed by atoms with Crippen molar-refractivity contribution in [2.75, 3.05) is 12.3 Å². The molecule has 0 unspecified atom stereocenters. The predicted molar refractivity (Wildman–Crippen MR) is 83.0 cm³/mol. The van der Waals surface area contributed by atoms with Crippen LogP contribution in [-0.4, -0.2) is 12.3 Å². The van der Waals surface area contributed by atoms with Crippen molar-refractivity contribution < 1.29 is 0 Å². The molecule has 2 aromatic rings. The van der Waals surface area contributed by atoms with E-state index in [4.69, 9.17) is 0 Å². The molecule has 1 nitrogen and oxygen atoms in total. The zero-order valence-electron chi connectivity index (χ0n) is 10.1. The van der Waals surface area contributed by atoms with Gasteiger partial charge in [-0.2, -0.15) is 0 Å². The SMILES string of the molecule is Brc1ccccc1SCCNCc1ccccc1. The second-order valence-corrected chi connectivity index (χ2v) is 5.93. The third-order valence-corrected chi connectivity index (χ3v) is 4.57. The van der Waals surface area contributed by atoms with Crippen LogP contribution < -0.4 is 5.32 Å². The Morgan fingerprint density at radius 2 is 1.67 bits per heavy atom. The molecular weight excluding hydrogens is 306 g/mol. The fourth-order valence-electron chi connectivity index (χ4n) is 1.62. The summed E-state index contributed by atoms with van der Waals surface area (Å²) >= 11 is 5.43. The number of benzene rings is 2. The fourth-order valence-corrected chi connectivity index (χ4v) is 3.10. The Bertz CT molecular complexity index is 473. The molecule has 0 aliphatic rings. The van der Waals surface area contributed by atoms with Crippen molar-refractivity contribution in [2.24, 2.45) is 0 Å². The molecule has 0 spiro atoms. The minimum absolute atomic E-state index is 0.942. The molecule has 2 rings (SSSR count). The largest absolute Gasteiger partial charge is 0.312 e. The van der Waals surface area contributed by atoms with E-state index in [-0.39, 0.29) is 0 Å². The number of thioether (sulfide) groups is 1. The van der Waals surface area contributed by atoms with Crippen LogP contribution in [0.4, 0.5) is 0 Å². The molecule has 0 amide bonds. The number of hydrogen-bond donors (Lipinski definition) is 1. The minimum Gasteiger partial charge on any atom is -0.312 e. The van der Waals surface area contributed by atoms with E-state index in [1.165, 1.54) is 14.9 Å². The summed E-state index contributed by atoms with van der Waals surface area (Å²) < 4.78 is 1.18. The summed E-state index contributed by atoms with van der Waals surface area (Å²) in [6.45, 7) is 1.96. The van der Waals surface area contributed by atoms with E-state index in [0.717, 1.165) is 18.8 Å². The highest BCUT2D eigenvalue weighted by Gasteiger charge is 1.98. The average molecular weight is 322 g/mol. The van der Waals surface area contributed by atoms with Crippen LogP contribution in [0.3, 0.4) is 0 Å². The zero-order chi connectivity index (χ0) is 12.6. The highest BCUT2D eigenvalue weighted by Crippen LogP contribution is 2.26. The quantitative estimate of drug-likeness (QED) is 0.627. The molecule has 1 N–H and O–H groups in total. The lowest BCUT2D eigenvalue weighted by Gasteiger charge is -2.06. The van der Waals surface area contributed by atoms with Crippen LogP contribution >= 0.6 is 27.7 Å². The van der Waals surface area contributed by atoms with Crippen LogP contribution in [0.25, 0.3) is 0 Å². The Morgan fingerprint density at radius 1 is 0.944 bits per heavy atom. The summed E-state index contributed by atoms with van der Waals surface area (Å²) in [5.41, 5.74) is 1.34. The molecule has 3 heteroatoms. The van der Waals surface area contributed by atoms with Gasteiger partial charge in [-0.05, 0) is 33.6 Å². The average Bonchev–Trinajstić information content (AvgIpc) is 2.42. The standard InChI is InChI=1S/C15H16BrNS/c16-14-8-4-5-9-15(14)18-11-10-17-12-13-6-2-1-3-7-13/h1-9,17H,10-12H2. The Morgan fingerprint density at radius 3 is 2.44 bits per heavy atom. The molecule has 2 aromatic carbocycles. The summed E-state index contributed by atoms with van der Waals surface area (Å²) in [5, 5.41) is 3.46. The third kappa shape index (κ3) is 4.48. The normalized spacial score (nSPS) is 10.5. The molecule has 94 valence electrons. The summed E-state index contributed by atoms with van der Waals surface area (Å²) in [6, 6.07) is 18.8. The van der Waals surface area contributed by atoms with Crippen molar-refractivity contribution >= 4 is 27.7 Å². The maximum Gasteiger partial charge on any atom is 0.0311 e. The molecule has 0 atom stereocenters. The Kier molecular flexibility index (Phi) is 5.78. The molecule has 0 bridgehead atoms. The first-order chi connectivity index (χ1) is 8.86. The van der Waals surface area contributed by atoms with Gasteiger partial charge in [-0.25, -0.2) is 0 Å². The molecule has 0 aromatic heterocycles. The van der Waals surface area contributed by atoms with Crippen LogP contribution in [0.15, 0.2) is 64.0 Å². The maximum absolute atomic E-state index is 3.56. The van der Waals surface area contributed by atoms with E-state index in [2.05, 4.69) is 63.7 Å². The van der Waals surface area contributed by atoms with Crippen LogP contribution in [0.1, 0.15) is 5.56 Å². The number of nitrogens with one attached hydrogen (secondary N) is 1. The first kappa shape index (κ1) is 13.7. The van der Waals surface area contributed by atoms with E-state index >= 15 is 0 Å². The third-order valence-electron chi connectivity index (χ3n) is 2.55. The highest BCUT2D eigenvalue weighted by atomic mass is 79.9. The smallest absolute Gasteiger partial charge is 0.0311 e. The van der Waals surface area contributed by atoms with Crippen LogP contribution in [0, 0.1) is 0 Å². The second-order valence-electron chi connectivity index (χ2n) is 3.94. The van der Waals surface area contributed by atoms with Gasteiger partial charge in [0.2, 0.25) is 0 Å². The monoisotopic (exact) mass is 321 g/mol. The minimum atomic E-state index is 0.942. The molecule has 0 heterocycles. The molecule has 0 saturated carbocycles. The maximum atomic E-state index is 3.56. The summed E-state index contributed by atoms with van der Waals surface area (Å²) in [7, 11) is 0. The number of rotatable bonds is 6. The van der Waals surface area contributed by atoms with Crippen molar-refractivity contribution in [3.8, 4) is 0 Å². The van der Waals surface area contributed by atoms with Crippen molar-refractivity contribution in [3.63, 3.8) is 0 Å². The second kappa shape index (κ2) is 7.62. The van der Waals surface area contributed by atoms with Gasteiger partial charge in [0.05, 0.1) is 0 Å². The topological polar surface area (TPSA) is 12.0 Å². The van der Waals surface area contributed by atoms with Gasteiger partial charge in [0.25, 0.3) is 0 Å². The first-order valence-corrected chi connectivity index (χ1v) is 7.76. The molecule has 0 fully saturated rings. The number of halogens is 1. The van der Waals surface area contributed by atoms with Crippen LogP contribution in [0.5, 0.6) is 0 Å². The molecule has 0 radical (unpaired) electrons. The Balaban J connectivity index is 1.66. The Hall–Kier alpha value is -0.770. The van der Waals surface area contributed by atoms with Gasteiger partial charge in [-0.1, -0.05) is 42.5 Å². The zero-order valence-corrected chi connectivity index (χ0v) is 12.5. The van der Waals surface area contributed by atoms with Gasteiger partial charge in [0, 0.05) is 28.2 Å². The van der Waals surface area contributed by atoms with E-state index in [1.54, 1.807) is 0 Å². The lowest BCUT2D eigenvalue weighted by atomic mass is 10.2. The van der Waals surface area contributed by atoms with Gasteiger partial charge < -0.3 is 5.32 Å². The van der Waals surface area contributed by atoms with E-state index < -0.39 is 0 Å². The van der Waals surface area contributed by atoms with Crippen LogP contribution in [0.2, 0.25) is 0 Å². The van der Waals surface area contributed by atoms with Crippen LogP contribution in [-0.2, 0) is 6.54 Å². The summed E-state index contributed by atoms with van der Waals surface area (Å²) in [6.07, 6.45) is 0. The lowest BCUT2D eigenvalue weighted by molar-refractivity contribution is 0.732. The molecule has 18 heavy (non-hydrogen) atoms. The predicted octanol–water partition coefficient (Wildman–Crippen LogP) is 4.33. The molecule has 0 saturated heterocycles.